The predicted octanol–water partition coefficient (Wildman–Crippen LogP) is 4.73. The number of benzene rings is 4. The second-order valence-electron chi connectivity index (χ2n) is 10.3. The molecule has 1 atom stereocenters. The van der Waals surface area contributed by atoms with Crippen LogP contribution in [-0.4, -0.2) is 59.0 Å². The molecule has 11 heteroatoms. The molecule has 0 aromatic heterocycles. The van der Waals surface area contributed by atoms with Gasteiger partial charge in [-0.3, -0.25) is 13.9 Å². The molecule has 0 heterocycles. The molecule has 0 unspecified atom stereocenters. The lowest BCUT2D eigenvalue weighted by Crippen LogP contribution is -2.53. The quantitative estimate of drug-likeness (QED) is 0.228. The number of nitrogens with one attached hydrogen (secondary N) is 1. The van der Waals surface area contributed by atoms with Gasteiger partial charge in [0, 0.05) is 26.1 Å². The molecule has 9 nitrogen and oxygen atoms in total. The SMILES string of the molecule is CNC(=O)[C@H](Cc1ccccc1)N(Cc1ccc(C)cc1)C(=O)CN(c1ccc(F)cc1)S(=O)(=O)c1ccc(OC)c(OC)c1. The zero-order valence-corrected chi connectivity index (χ0v) is 26.4. The van der Waals surface area contributed by atoms with Crippen molar-refractivity contribution >= 4 is 27.5 Å². The molecule has 4 aromatic rings. The monoisotopic (exact) mass is 633 g/mol. The number of halogens is 1. The average Bonchev–Trinajstić information content (AvgIpc) is 3.06. The van der Waals surface area contributed by atoms with Crippen molar-refractivity contribution in [2.45, 2.75) is 30.8 Å². The van der Waals surface area contributed by atoms with Crippen LogP contribution in [0.5, 0.6) is 11.5 Å². The Morgan fingerprint density at radius 1 is 0.844 bits per heavy atom. The first-order chi connectivity index (χ1) is 21.6. The van der Waals surface area contributed by atoms with Gasteiger partial charge in [-0.05, 0) is 54.4 Å². The topological polar surface area (TPSA) is 105 Å². The summed E-state index contributed by atoms with van der Waals surface area (Å²) in [6, 6.07) is 24.7. The molecular weight excluding hydrogens is 597 g/mol. The number of anilines is 1. The van der Waals surface area contributed by atoms with Crippen LogP contribution in [0.1, 0.15) is 16.7 Å². The highest BCUT2D eigenvalue weighted by Gasteiger charge is 2.34. The normalized spacial score (nSPS) is 11.8. The van der Waals surface area contributed by atoms with Gasteiger partial charge < -0.3 is 19.7 Å². The third-order valence-corrected chi connectivity index (χ3v) is 9.10. The van der Waals surface area contributed by atoms with Gasteiger partial charge in [0.05, 0.1) is 24.8 Å². The van der Waals surface area contributed by atoms with E-state index < -0.39 is 40.2 Å². The van der Waals surface area contributed by atoms with E-state index in [0.717, 1.165) is 33.1 Å². The van der Waals surface area contributed by atoms with Crippen LogP contribution < -0.4 is 19.1 Å². The molecule has 0 aliphatic carbocycles. The summed E-state index contributed by atoms with van der Waals surface area (Å²) in [5, 5.41) is 2.65. The van der Waals surface area contributed by atoms with E-state index in [2.05, 4.69) is 5.32 Å². The summed E-state index contributed by atoms with van der Waals surface area (Å²) in [6.45, 7) is 1.31. The number of nitrogens with zero attached hydrogens (tertiary/aromatic N) is 2. The molecular formula is C34H36FN3O6S. The Bertz CT molecular complexity index is 1720. The molecule has 0 saturated carbocycles. The number of sulfonamides is 1. The zero-order valence-electron chi connectivity index (χ0n) is 25.6. The van der Waals surface area contributed by atoms with Gasteiger partial charge in [-0.15, -0.1) is 0 Å². The van der Waals surface area contributed by atoms with Crippen molar-refractivity contribution in [2.24, 2.45) is 0 Å². The van der Waals surface area contributed by atoms with E-state index in [1.54, 1.807) is 0 Å². The molecule has 1 N–H and O–H groups in total. The number of hydrogen-bond donors (Lipinski definition) is 1. The van der Waals surface area contributed by atoms with Crippen molar-refractivity contribution in [3.05, 3.63) is 120 Å². The number of aryl methyl sites for hydroxylation is 1. The van der Waals surface area contributed by atoms with Crippen LogP contribution >= 0.6 is 0 Å². The molecule has 4 aromatic carbocycles. The van der Waals surface area contributed by atoms with Crippen LogP contribution in [0.15, 0.2) is 102 Å². The molecule has 0 saturated heterocycles. The van der Waals surface area contributed by atoms with E-state index in [0.29, 0.717) is 5.75 Å². The Morgan fingerprint density at radius 3 is 2.09 bits per heavy atom. The van der Waals surface area contributed by atoms with E-state index >= 15 is 0 Å². The van der Waals surface area contributed by atoms with Crippen molar-refractivity contribution in [1.82, 2.24) is 10.2 Å². The summed E-state index contributed by atoms with van der Waals surface area (Å²) < 4.78 is 53.8. The van der Waals surface area contributed by atoms with Gasteiger partial charge in [-0.1, -0.05) is 60.2 Å². The van der Waals surface area contributed by atoms with E-state index in [1.165, 1.54) is 56.5 Å². The maximum atomic E-state index is 14.3. The minimum Gasteiger partial charge on any atom is -0.493 e. The lowest BCUT2D eigenvalue weighted by atomic mass is 10.0. The van der Waals surface area contributed by atoms with Gasteiger partial charge >= 0.3 is 0 Å². The predicted molar refractivity (Wildman–Crippen MR) is 170 cm³/mol. The smallest absolute Gasteiger partial charge is 0.264 e. The second-order valence-corrected chi connectivity index (χ2v) is 12.2. The van der Waals surface area contributed by atoms with Crippen LogP contribution in [0, 0.1) is 12.7 Å². The number of methoxy groups -OCH3 is 2. The maximum Gasteiger partial charge on any atom is 0.264 e. The van der Waals surface area contributed by atoms with Gasteiger partial charge in [0.1, 0.15) is 18.4 Å². The van der Waals surface area contributed by atoms with Crippen LogP contribution in [0.25, 0.3) is 0 Å². The molecule has 45 heavy (non-hydrogen) atoms. The Hall–Kier alpha value is -4.90. The number of hydrogen-bond acceptors (Lipinski definition) is 6. The molecule has 0 radical (unpaired) electrons. The Balaban J connectivity index is 1.80. The number of carbonyl (C=O) groups is 2. The molecule has 2 amide bonds. The molecule has 4 rings (SSSR count). The fraction of sp³-hybridized carbons (Fsp3) is 0.235. The first-order valence-corrected chi connectivity index (χ1v) is 15.6. The van der Waals surface area contributed by atoms with Crippen LogP contribution in [0.3, 0.4) is 0 Å². The fourth-order valence-electron chi connectivity index (χ4n) is 4.85. The second kappa shape index (κ2) is 14.7. The van der Waals surface area contributed by atoms with E-state index in [-0.39, 0.29) is 29.3 Å². The van der Waals surface area contributed by atoms with Crippen molar-refractivity contribution < 1.29 is 31.9 Å². The third kappa shape index (κ3) is 7.98. The highest BCUT2D eigenvalue weighted by atomic mass is 32.2. The highest BCUT2D eigenvalue weighted by Crippen LogP contribution is 2.32. The van der Waals surface area contributed by atoms with Gasteiger partial charge in [0.2, 0.25) is 11.8 Å². The number of amides is 2. The largest absolute Gasteiger partial charge is 0.493 e. The fourth-order valence-corrected chi connectivity index (χ4v) is 6.28. The van der Waals surface area contributed by atoms with Crippen molar-refractivity contribution in [3.8, 4) is 11.5 Å². The van der Waals surface area contributed by atoms with E-state index in [1.807, 2.05) is 61.5 Å². The average molecular weight is 634 g/mol. The molecule has 0 bridgehead atoms. The molecule has 0 spiro atoms. The maximum absolute atomic E-state index is 14.3. The lowest BCUT2D eigenvalue weighted by molar-refractivity contribution is -0.139. The van der Waals surface area contributed by atoms with Gasteiger partial charge in [-0.25, -0.2) is 12.8 Å². The van der Waals surface area contributed by atoms with Crippen LogP contribution in [0.4, 0.5) is 10.1 Å². The minimum atomic E-state index is -4.41. The Kier molecular flexibility index (Phi) is 10.8. The summed E-state index contributed by atoms with van der Waals surface area (Å²) >= 11 is 0. The molecule has 0 fully saturated rings. The van der Waals surface area contributed by atoms with Gasteiger partial charge in [0.15, 0.2) is 11.5 Å². The number of carbonyl (C=O) groups excluding carboxylic acids is 2. The van der Waals surface area contributed by atoms with E-state index in [4.69, 9.17) is 9.47 Å². The lowest BCUT2D eigenvalue weighted by Gasteiger charge is -2.33. The van der Waals surface area contributed by atoms with Gasteiger partial charge in [0.25, 0.3) is 10.0 Å². The van der Waals surface area contributed by atoms with E-state index in [9.17, 15) is 22.4 Å². The van der Waals surface area contributed by atoms with Gasteiger partial charge in [-0.2, -0.15) is 0 Å². The van der Waals surface area contributed by atoms with Crippen LogP contribution in [-0.2, 0) is 32.6 Å². The molecule has 0 aliphatic rings. The number of rotatable bonds is 13. The first kappa shape index (κ1) is 33.0. The number of likely N-dealkylation sites (N-methyl/N-ethyl adjacent to an activating group) is 1. The highest BCUT2D eigenvalue weighted by molar-refractivity contribution is 7.92. The summed E-state index contributed by atoms with van der Waals surface area (Å²) in [5.74, 6) is -1.12. The minimum absolute atomic E-state index is 0.0394. The summed E-state index contributed by atoms with van der Waals surface area (Å²) in [7, 11) is -0.121. The van der Waals surface area contributed by atoms with Crippen molar-refractivity contribution in [3.63, 3.8) is 0 Å². The standard InChI is InChI=1S/C34H36FN3O6S/c1-24-10-12-26(13-11-24)22-37(30(34(40)36-2)20-25-8-6-5-7-9-25)33(39)23-38(28-16-14-27(35)15-17-28)45(41,42)29-18-19-31(43-3)32(21-29)44-4/h5-19,21,30H,20,22-23H2,1-4H3,(H,36,40)/t30-/m0/s1. The third-order valence-electron chi connectivity index (χ3n) is 7.33. The summed E-state index contributed by atoms with van der Waals surface area (Å²) in [6.07, 6.45) is 0.192. The summed E-state index contributed by atoms with van der Waals surface area (Å²) in [5.41, 5.74) is 2.66. The Morgan fingerprint density at radius 2 is 1.49 bits per heavy atom. The first-order valence-electron chi connectivity index (χ1n) is 14.2. The molecule has 0 aliphatic heterocycles. The van der Waals surface area contributed by atoms with Crippen LogP contribution in [0.2, 0.25) is 0 Å². The number of ether oxygens (including phenoxy) is 2. The molecule has 236 valence electrons. The summed E-state index contributed by atoms with van der Waals surface area (Å²) in [4.78, 5) is 28.9. The van der Waals surface area contributed by atoms with Crippen molar-refractivity contribution in [1.29, 1.82) is 0 Å². The zero-order chi connectivity index (χ0) is 32.6. The Labute approximate surface area is 263 Å². The van der Waals surface area contributed by atoms with Crippen molar-refractivity contribution in [2.75, 3.05) is 32.1 Å².